The summed E-state index contributed by atoms with van der Waals surface area (Å²) in [7, 11) is 0. The Morgan fingerprint density at radius 1 is 1.11 bits per heavy atom. The molecule has 0 amide bonds. The zero-order valence-electron chi connectivity index (χ0n) is 15.5. The van der Waals surface area contributed by atoms with Gasteiger partial charge in [-0.3, -0.25) is 0 Å². The molecule has 7 rings (SSSR count). The number of nitriles is 1. The molecule has 1 aliphatic carbocycles. The van der Waals surface area contributed by atoms with Crippen LogP contribution in [-0.2, 0) is 4.74 Å². The highest BCUT2D eigenvalue weighted by Gasteiger charge is 2.45. The first-order chi connectivity index (χ1) is 13.7. The van der Waals surface area contributed by atoms with E-state index >= 15 is 0 Å². The lowest BCUT2D eigenvalue weighted by molar-refractivity contribution is 0.0989. The monoisotopic (exact) mass is 375 g/mol. The van der Waals surface area contributed by atoms with Crippen molar-refractivity contribution < 1.29 is 4.74 Å². The Hall–Kier alpha value is -2.92. The summed E-state index contributed by atoms with van der Waals surface area (Å²) in [6.45, 7) is 2.66. The van der Waals surface area contributed by atoms with Crippen molar-refractivity contribution in [2.75, 3.05) is 35.2 Å². The van der Waals surface area contributed by atoms with E-state index in [0.29, 0.717) is 23.8 Å². The van der Waals surface area contributed by atoms with Crippen LogP contribution in [0.1, 0.15) is 24.8 Å². The molecule has 28 heavy (non-hydrogen) atoms. The molecule has 0 spiro atoms. The number of nitrogens with two attached hydrogens (primary N) is 1. The van der Waals surface area contributed by atoms with Crippen LogP contribution in [-0.4, -0.2) is 52.8 Å². The van der Waals surface area contributed by atoms with Crippen LogP contribution in [0, 0.1) is 17.2 Å². The minimum absolute atomic E-state index is 0.245. The minimum Gasteiger partial charge on any atom is -0.383 e. The molecule has 0 radical (unpaired) electrons. The van der Waals surface area contributed by atoms with Crippen molar-refractivity contribution in [2.24, 2.45) is 5.92 Å². The predicted molar refractivity (Wildman–Crippen MR) is 104 cm³/mol. The van der Waals surface area contributed by atoms with E-state index in [0.717, 1.165) is 55.1 Å². The number of nitrogen functional groups attached to an aromatic ring is 1. The van der Waals surface area contributed by atoms with Crippen molar-refractivity contribution in [3.8, 4) is 17.3 Å². The number of rotatable bonds is 3. The van der Waals surface area contributed by atoms with Crippen LogP contribution in [0.3, 0.4) is 0 Å². The highest BCUT2D eigenvalue weighted by molar-refractivity contribution is 5.68. The van der Waals surface area contributed by atoms with Crippen molar-refractivity contribution >= 4 is 17.6 Å². The second kappa shape index (κ2) is 5.79. The summed E-state index contributed by atoms with van der Waals surface area (Å²) in [4.78, 5) is 18.7. The lowest BCUT2D eigenvalue weighted by Gasteiger charge is -2.30. The van der Waals surface area contributed by atoms with Gasteiger partial charge in [-0.25, -0.2) is 9.97 Å². The third kappa shape index (κ3) is 2.36. The highest BCUT2D eigenvalue weighted by atomic mass is 16.5. The second-order valence-electron chi connectivity index (χ2n) is 8.32. The predicted octanol–water partition coefficient (Wildman–Crippen LogP) is 1.57. The molecule has 5 fully saturated rings. The van der Waals surface area contributed by atoms with Crippen LogP contribution >= 0.6 is 0 Å². The molecule has 6 heterocycles. The number of morpholine rings is 1. The Bertz CT molecular complexity index is 997. The van der Waals surface area contributed by atoms with E-state index in [1.54, 1.807) is 12.3 Å². The summed E-state index contributed by atoms with van der Waals surface area (Å²) in [6.07, 6.45) is 5.54. The lowest BCUT2D eigenvalue weighted by atomic mass is 9.86. The fourth-order valence-electron chi connectivity index (χ4n) is 5.01. The maximum absolute atomic E-state index is 9.32. The molecule has 0 unspecified atom stereocenters. The number of pyridine rings is 1. The van der Waals surface area contributed by atoms with Gasteiger partial charge < -0.3 is 20.3 Å². The Morgan fingerprint density at radius 3 is 2.68 bits per heavy atom. The second-order valence-corrected chi connectivity index (χ2v) is 8.32. The molecule has 0 aromatic carbocycles. The normalized spacial score (nSPS) is 29.8. The number of nitrogens with zero attached hydrogens (tertiary/aromatic N) is 6. The summed E-state index contributed by atoms with van der Waals surface area (Å²) in [5.41, 5.74) is 7.76. The van der Waals surface area contributed by atoms with Crippen LogP contribution in [0.25, 0.3) is 11.3 Å². The largest absolute Gasteiger partial charge is 0.383 e. The first kappa shape index (κ1) is 16.1. The summed E-state index contributed by atoms with van der Waals surface area (Å²) >= 11 is 0. The van der Waals surface area contributed by atoms with Gasteiger partial charge >= 0.3 is 0 Å². The van der Waals surface area contributed by atoms with E-state index in [2.05, 4.69) is 20.9 Å². The summed E-state index contributed by atoms with van der Waals surface area (Å²) in [5, 5.41) is 9.32. The van der Waals surface area contributed by atoms with Crippen LogP contribution < -0.4 is 15.5 Å². The van der Waals surface area contributed by atoms with Crippen LogP contribution in [0.15, 0.2) is 18.3 Å². The third-order valence-corrected chi connectivity index (χ3v) is 6.59. The zero-order chi connectivity index (χ0) is 18.8. The van der Waals surface area contributed by atoms with E-state index in [4.69, 9.17) is 20.4 Å². The smallest absolute Gasteiger partial charge is 0.228 e. The molecule has 8 heteroatoms. The molecule has 2 aromatic rings. The van der Waals surface area contributed by atoms with Gasteiger partial charge in [-0.05, 0) is 31.2 Å². The SMILES string of the molecule is N#Cc1cc(-c2cc(N3C[C@@H]4C[C@H]3CO4)nc(N3CC4CC3C4)n2)cnc1N. The van der Waals surface area contributed by atoms with Gasteiger partial charge in [0.2, 0.25) is 5.95 Å². The molecule has 2 N–H and O–H groups in total. The average molecular weight is 375 g/mol. The molecular weight excluding hydrogens is 354 g/mol. The minimum atomic E-state index is 0.245. The Balaban J connectivity index is 1.45. The molecule has 142 valence electrons. The Morgan fingerprint density at radius 2 is 2.00 bits per heavy atom. The van der Waals surface area contributed by atoms with Gasteiger partial charge in [-0.2, -0.15) is 10.2 Å². The van der Waals surface area contributed by atoms with Gasteiger partial charge in [0, 0.05) is 37.0 Å². The van der Waals surface area contributed by atoms with E-state index in [-0.39, 0.29) is 5.82 Å². The molecule has 2 aromatic heterocycles. The van der Waals surface area contributed by atoms with Gasteiger partial charge in [0.15, 0.2) is 0 Å². The molecule has 4 saturated heterocycles. The van der Waals surface area contributed by atoms with Crippen molar-refractivity contribution in [3.63, 3.8) is 0 Å². The Labute approximate surface area is 163 Å². The van der Waals surface area contributed by atoms with Crippen molar-refractivity contribution in [1.82, 2.24) is 15.0 Å². The Kier molecular flexibility index (Phi) is 3.32. The molecule has 1 saturated carbocycles. The molecule has 4 bridgehead atoms. The van der Waals surface area contributed by atoms with Gasteiger partial charge in [0.05, 0.1) is 30.0 Å². The zero-order valence-corrected chi connectivity index (χ0v) is 15.5. The first-order valence-electron chi connectivity index (χ1n) is 9.88. The molecule has 5 aliphatic rings. The number of hydrogen-bond acceptors (Lipinski definition) is 8. The van der Waals surface area contributed by atoms with E-state index in [9.17, 15) is 5.26 Å². The fraction of sp³-hybridized carbons (Fsp3) is 0.500. The number of aromatic nitrogens is 3. The van der Waals surface area contributed by atoms with Crippen LogP contribution in [0.2, 0.25) is 0 Å². The van der Waals surface area contributed by atoms with Gasteiger partial charge in [0.25, 0.3) is 0 Å². The summed E-state index contributed by atoms with van der Waals surface area (Å²) < 4.78 is 5.76. The van der Waals surface area contributed by atoms with Gasteiger partial charge in [0.1, 0.15) is 17.7 Å². The number of hydrogen-bond donors (Lipinski definition) is 1. The lowest BCUT2D eigenvalue weighted by Crippen LogP contribution is -2.38. The number of fused-ring (bicyclic) bond motifs is 3. The van der Waals surface area contributed by atoms with E-state index in [1.807, 2.05) is 6.07 Å². The van der Waals surface area contributed by atoms with E-state index < -0.39 is 0 Å². The highest BCUT2D eigenvalue weighted by Crippen LogP contribution is 2.43. The van der Waals surface area contributed by atoms with E-state index in [1.165, 1.54) is 12.8 Å². The summed E-state index contributed by atoms with van der Waals surface area (Å²) in [5.74, 6) is 2.75. The fourth-order valence-corrected chi connectivity index (χ4v) is 5.01. The molecular formula is C20H21N7O. The van der Waals surface area contributed by atoms with Crippen molar-refractivity contribution in [2.45, 2.75) is 37.5 Å². The van der Waals surface area contributed by atoms with Crippen LogP contribution in [0.4, 0.5) is 17.6 Å². The maximum Gasteiger partial charge on any atom is 0.228 e. The topological polar surface area (TPSA) is 104 Å². The van der Waals surface area contributed by atoms with Crippen molar-refractivity contribution in [3.05, 3.63) is 23.9 Å². The molecule has 8 nitrogen and oxygen atoms in total. The van der Waals surface area contributed by atoms with Crippen molar-refractivity contribution in [1.29, 1.82) is 5.26 Å². The average Bonchev–Trinajstić information content (AvgIpc) is 3.47. The number of ether oxygens (including phenoxy) is 1. The summed E-state index contributed by atoms with van der Waals surface area (Å²) in [6, 6.07) is 6.83. The number of anilines is 3. The van der Waals surface area contributed by atoms with Crippen LogP contribution in [0.5, 0.6) is 0 Å². The third-order valence-electron chi connectivity index (χ3n) is 6.59. The van der Waals surface area contributed by atoms with Gasteiger partial charge in [-0.15, -0.1) is 0 Å². The standard InChI is InChI=1S/C20H21N7O/c21-6-12-3-13(7-23-19(12)22)17-5-18(26-9-16-4-15(26)10-28-16)25-20(24-17)27-8-11-1-14(27)2-11/h3,5,7,11,14-16H,1-2,4,8-10H2,(H2,22,23)/t11?,14?,15-,16-/m0/s1. The quantitative estimate of drug-likeness (QED) is 0.862. The first-order valence-corrected chi connectivity index (χ1v) is 9.88. The van der Waals surface area contributed by atoms with Gasteiger partial charge in [-0.1, -0.05) is 0 Å². The maximum atomic E-state index is 9.32. The molecule has 4 aliphatic heterocycles. The molecule has 2 atom stereocenters.